The van der Waals surface area contributed by atoms with Crippen molar-refractivity contribution < 1.29 is 23.9 Å². The number of methoxy groups -OCH3 is 1. The molecular weight excluding hydrogens is 408 g/mol. The lowest BCUT2D eigenvalue weighted by atomic mass is 10.1. The summed E-state index contributed by atoms with van der Waals surface area (Å²) in [5.74, 6) is -0.607. The highest BCUT2D eigenvalue weighted by Crippen LogP contribution is 2.29. The van der Waals surface area contributed by atoms with E-state index in [-0.39, 0.29) is 24.0 Å². The van der Waals surface area contributed by atoms with Crippen molar-refractivity contribution in [3.63, 3.8) is 0 Å². The quantitative estimate of drug-likeness (QED) is 0.474. The largest absolute Gasteiger partial charge is 0.497 e. The third-order valence-electron chi connectivity index (χ3n) is 5.24. The molecule has 1 fully saturated rings. The molecule has 4 rings (SSSR count). The fraction of sp³-hybridized carbons (Fsp3) is 0.160. The number of carbonyl (C=O) groups is 3. The monoisotopic (exact) mass is 430 g/mol. The Bertz CT molecular complexity index is 1130. The van der Waals surface area contributed by atoms with Gasteiger partial charge < -0.3 is 19.7 Å². The van der Waals surface area contributed by atoms with Crippen LogP contribution in [0.15, 0.2) is 78.9 Å². The Hall–Kier alpha value is -4.13. The molecular formula is C25H22N2O5. The highest BCUT2D eigenvalue weighted by Gasteiger charge is 2.35. The van der Waals surface area contributed by atoms with Gasteiger partial charge >= 0.3 is 5.97 Å². The van der Waals surface area contributed by atoms with Crippen molar-refractivity contribution in [2.45, 2.75) is 6.42 Å². The number of hydrogen-bond acceptors (Lipinski definition) is 5. The summed E-state index contributed by atoms with van der Waals surface area (Å²) in [7, 11) is 1.54. The van der Waals surface area contributed by atoms with E-state index >= 15 is 0 Å². The third-order valence-corrected chi connectivity index (χ3v) is 5.24. The molecule has 1 aliphatic rings. The summed E-state index contributed by atoms with van der Waals surface area (Å²) in [6.45, 7) is 0.294. The van der Waals surface area contributed by atoms with E-state index in [9.17, 15) is 14.4 Å². The van der Waals surface area contributed by atoms with Gasteiger partial charge in [0.1, 0.15) is 5.75 Å². The van der Waals surface area contributed by atoms with Crippen LogP contribution in [-0.2, 0) is 9.59 Å². The molecule has 0 saturated carbocycles. The van der Waals surface area contributed by atoms with Crippen molar-refractivity contribution in [2.24, 2.45) is 5.92 Å². The van der Waals surface area contributed by atoms with Gasteiger partial charge in [0, 0.05) is 18.7 Å². The van der Waals surface area contributed by atoms with E-state index in [4.69, 9.17) is 9.47 Å². The summed E-state index contributed by atoms with van der Waals surface area (Å²) < 4.78 is 10.6. The number of rotatable bonds is 6. The lowest BCUT2D eigenvalue weighted by Crippen LogP contribution is -2.28. The Morgan fingerprint density at radius 2 is 1.62 bits per heavy atom. The first-order valence-electron chi connectivity index (χ1n) is 10.2. The maximum absolute atomic E-state index is 12.9. The average Bonchev–Trinajstić information content (AvgIpc) is 3.22. The number of carbonyl (C=O) groups excluding carboxylic acids is 3. The first-order valence-corrected chi connectivity index (χ1v) is 10.2. The molecule has 1 atom stereocenters. The number of para-hydroxylation sites is 3. The van der Waals surface area contributed by atoms with Crippen molar-refractivity contribution >= 4 is 29.2 Å². The minimum Gasteiger partial charge on any atom is -0.497 e. The molecule has 0 aromatic heterocycles. The van der Waals surface area contributed by atoms with Crippen LogP contribution in [0.2, 0.25) is 0 Å². The van der Waals surface area contributed by atoms with Gasteiger partial charge in [-0.2, -0.15) is 0 Å². The van der Waals surface area contributed by atoms with Crippen molar-refractivity contribution in [1.29, 1.82) is 0 Å². The number of hydrogen-bond donors (Lipinski definition) is 1. The molecule has 0 unspecified atom stereocenters. The van der Waals surface area contributed by atoms with Crippen LogP contribution in [0.3, 0.4) is 0 Å². The normalized spacial score (nSPS) is 15.3. The van der Waals surface area contributed by atoms with Crippen LogP contribution in [0.5, 0.6) is 11.5 Å². The topological polar surface area (TPSA) is 84.9 Å². The van der Waals surface area contributed by atoms with Crippen LogP contribution in [0, 0.1) is 5.92 Å². The Kier molecular flexibility index (Phi) is 6.17. The number of ether oxygens (including phenoxy) is 2. The summed E-state index contributed by atoms with van der Waals surface area (Å²) >= 11 is 0. The second kappa shape index (κ2) is 9.34. The SMILES string of the molecule is COc1ccc(C(=O)Oc2ccccc2NC(=O)[C@@H]2CC(=O)N(c3ccccc3)C2)cc1. The van der Waals surface area contributed by atoms with Crippen LogP contribution >= 0.6 is 0 Å². The van der Waals surface area contributed by atoms with Gasteiger partial charge in [-0.25, -0.2) is 4.79 Å². The molecule has 7 nitrogen and oxygen atoms in total. The third kappa shape index (κ3) is 4.62. The summed E-state index contributed by atoms with van der Waals surface area (Å²) in [6, 6.07) is 22.5. The van der Waals surface area contributed by atoms with Crippen LogP contribution in [0.1, 0.15) is 16.8 Å². The Balaban J connectivity index is 1.44. The zero-order valence-electron chi connectivity index (χ0n) is 17.5. The van der Waals surface area contributed by atoms with Gasteiger partial charge in [-0.3, -0.25) is 9.59 Å². The van der Waals surface area contributed by atoms with E-state index in [1.165, 1.54) is 0 Å². The highest BCUT2D eigenvalue weighted by atomic mass is 16.5. The maximum atomic E-state index is 12.9. The summed E-state index contributed by atoms with van der Waals surface area (Å²) in [6.07, 6.45) is 0.120. The van der Waals surface area contributed by atoms with Crippen molar-refractivity contribution in [3.05, 3.63) is 84.4 Å². The second-order valence-electron chi connectivity index (χ2n) is 7.34. The van der Waals surface area contributed by atoms with Crippen LogP contribution in [0.25, 0.3) is 0 Å². The molecule has 0 bridgehead atoms. The van der Waals surface area contributed by atoms with E-state index in [1.807, 2.05) is 30.3 Å². The van der Waals surface area contributed by atoms with Crippen molar-refractivity contribution in [1.82, 2.24) is 0 Å². The molecule has 1 aliphatic heterocycles. The van der Waals surface area contributed by atoms with Gasteiger partial charge in [0.05, 0.1) is 24.3 Å². The molecule has 2 amide bonds. The van der Waals surface area contributed by atoms with Gasteiger partial charge in [-0.15, -0.1) is 0 Å². The molecule has 0 radical (unpaired) electrons. The number of anilines is 2. The fourth-order valence-electron chi connectivity index (χ4n) is 3.52. The lowest BCUT2D eigenvalue weighted by Gasteiger charge is -2.17. The van der Waals surface area contributed by atoms with Gasteiger partial charge in [-0.1, -0.05) is 30.3 Å². The minimum absolute atomic E-state index is 0.101. The number of nitrogens with one attached hydrogen (secondary N) is 1. The first kappa shape index (κ1) is 21.1. The highest BCUT2D eigenvalue weighted by molar-refractivity contribution is 6.04. The zero-order chi connectivity index (χ0) is 22.5. The standard InChI is InChI=1S/C25H22N2O5/c1-31-20-13-11-17(12-14-20)25(30)32-22-10-6-5-9-21(22)26-24(29)18-15-23(28)27(16-18)19-7-3-2-4-8-19/h2-14,18H,15-16H2,1H3,(H,26,29)/t18-/m1/s1. The number of amides is 2. The van der Waals surface area contributed by atoms with E-state index < -0.39 is 11.9 Å². The predicted octanol–water partition coefficient (Wildman–Crippen LogP) is 3.91. The minimum atomic E-state index is -0.555. The molecule has 7 heteroatoms. The molecule has 3 aromatic rings. The summed E-state index contributed by atoms with van der Waals surface area (Å²) in [5, 5.41) is 2.81. The van der Waals surface area contributed by atoms with Crippen molar-refractivity contribution in [2.75, 3.05) is 23.9 Å². The molecule has 0 aliphatic carbocycles. The fourth-order valence-corrected chi connectivity index (χ4v) is 3.52. The summed E-state index contributed by atoms with van der Waals surface area (Å²) in [4.78, 5) is 39.4. The van der Waals surface area contributed by atoms with E-state index in [0.29, 0.717) is 23.5 Å². The van der Waals surface area contributed by atoms with Gasteiger partial charge in [0.25, 0.3) is 0 Å². The van der Waals surface area contributed by atoms with Gasteiger partial charge in [0.2, 0.25) is 11.8 Å². The Morgan fingerprint density at radius 3 is 2.34 bits per heavy atom. The number of nitrogens with zero attached hydrogens (tertiary/aromatic N) is 1. The molecule has 1 heterocycles. The molecule has 32 heavy (non-hydrogen) atoms. The lowest BCUT2D eigenvalue weighted by molar-refractivity contribution is -0.122. The smallest absolute Gasteiger partial charge is 0.343 e. The van der Waals surface area contributed by atoms with Crippen LogP contribution in [0.4, 0.5) is 11.4 Å². The molecule has 162 valence electrons. The molecule has 1 saturated heterocycles. The van der Waals surface area contributed by atoms with Crippen molar-refractivity contribution in [3.8, 4) is 11.5 Å². The first-order chi connectivity index (χ1) is 15.5. The van der Waals surface area contributed by atoms with Gasteiger partial charge in [-0.05, 0) is 48.5 Å². The maximum Gasteiger partial charge on any atom is 0.343 e. The second-order valence-corrected chi connectivity index (χ2v) is 7.34. The zero-order valence-corrected chi connectivity index (χ0v) is 17.5. The van der Waals surface area contributed by atoms with Crippen LogP contribution in [-0.4, -0.2) is 31.4 Å². The van der Waals surface area contributed by atoms with Gasteiger partial charge in [0.15, 0.2) is 5.75 Å². The Morgan fingerprint density at radius 1 is 0.938 bits per heavy atom. The predicted molar refractivity (Wildman–Crippen MR) is 120 cm³/mol. The van der Waals surface area contributed by atoms with E-state index in [1.54, 1.807) is 60.5 Å². The van der Waals surface area contributed by atoms with E-state index in [0.717, 1.165) is 5.69 Å². The average molecular weight is 430 g/mol. The molecule has 0 spiro atoms. The number of benzene rings is 3. The molecule has 1 N–H and O–H groups in total. The molecule has 3 aromatic carbocycles. The Labute approximate surface area is 185 Å². The summed E-state index contributed by atoms with van der Waals surface area (Å²) in [5.41, 5.74) is 1.48. The number of esters is 1. The van der Waals surface area contributed by atoms with E-state index in [2.05, 4.69) is 5.32 Å². The van der Waals surface area contributed by atoms with Crippen LogP contribution < -0.4 is 19.7 Å².